The second-order valence-corrected chi connectivity index (χ2v) is 8.48. The molecule has 0 radical (unpaired) electrons. The Morgan fingerprint density at radius 2 is 2.15 bits per heavy atom. The van der Waals surface area contributed by atoms with Crippen LogP contribution < -0.4 is 10.6 Å². The Bertz CT molecular complexity index is 1160. The number of aromatic nitrogens is 4. The molecule has 0 saturated heterocycles. The van der Waals surface area contributed by atoms with Crippen molar-refractivity contribution in [1.82, 2.24) is 30.0 Å². The molecular formula is C22H25ClFN7O2. The summed E-state index contributed by atoms with van der Waals surface area (Å²) in [5.41, 5.74) is 3.00. The third-order valence-corrected chi connectivity index (χ3v) is 5.79. The van der Waals surface area contributed by atoms with Crippen LogP contribution in [-0.4, -0.2) is 55.0 Å². The zero-order valence-corrected chi connectivity index (χ0v) is 19.1. The van der Waals surface area contributed by atoms with Gasteiger partial charge in [0.05, 0.1) is 36.1 Å². The quantitative estimate of drug-likeness (QED) is 0.508. The molecule has 0 fully saturated rings. The Hall–Kier alpha value is -3.24. The van der Waals surface area contributed by atoms with Crippen LogP contribution in [-0.2, 0) is 20.0 Å². The highest BCUT2D eigenvalue weighted by molar-refractivity contribution is 6.30. The highest BCUT2D eigenvalue weighted by Gasteiger charge is 2.26. The lowest BCUT2D eigenvalue weighted by Gasteiger charge is -2.30. The van der Waals surface area contributed by atoms with Crippen LogP contribution in [0.4, 0.5) is 15.1 Å². The van der Waals surface area contributed by atoms with Crippen molar-refractivity contribution in [3.05, 3.63) is 70.0 Å². The van der Waals surface area contributed by atoms with Gasteiger partial charge in [0.1, 0.15) is 5.82 Å². The van der Waals surface area contributed by atoms with Crippen molar-refractivity contribution in [3.8, 4) is 0 Å². The first-order valence-electron chi connectivity index (χ1n) is 10.5. The maximum absolute atomic E-state index is 14.2. The number of aryl methyl sites for hydroxylation is 1. The molecule has 1 aromatic carbocycles. The van der Waals surface area contributed by atoms with Crippen LogP contribution >= 0.6 is 11.6 Å². The summed E-state index contributed by atoms with van der Waals surface area (Å²) in [4.78, 5) is 23.7. The van der Waals surface area contributed by atoms with E-state index in [0.717, 1.165) is 16.8 Å². The van der Waals surface area contributed by atoms with Gasteiger partial charge < -0.3 is 20.6 Å². The summed E-state index contributed by atoms with van der Waals surface area (Å²) in [6.07, 6.45) is 5.78. The molecule has 2 amide bonds. The predicted molar refractivity (Wildman–Crippen MR) is 121 cm³/mol. The summed E-state index contributed by atoms with van der Waals surface area (Å²) >= 11 is 5.85. The van der Waals surface area contributed by atoms with E-state index < -0.39 is 11.9 Å². The van der Waals surface area contributed by atoms with E-state index in [1.54, 1.807) is 41.3 Å². The Morgan fingerprint density at radius 1 is 1.33 bits per heavy atom. The molecular weight excluding hydrogens is 449 g/mol. The average molecular weight is 474 g/mol. The van der Waals surface area contributed by atoms with Crippen LogP contribution in [0.3, 0.4) is 0 Å². The molecule has 0 saturated carbocycles. The number of hydrogen-bond donors (Lipinski definition) is 3. The van der Waals surface area contributed by atoms with Crippen LogP contribution in [0.15, 0.2) is 36.8 Å². The van der Waals surface area contributed by atoms with E-state index in [-0.39, 0.29) is 23.7 Å². The Labute approximate surface area is 195 Å². The van der Waals surface area contributed by atoms with Gasteiger partial charge in [-0.2, -0.15) is 5.10 Å². The maximum atomic E-state index is 14.2. The van der Waals surface area contributed by atoms with E-state index in [4.69, 9.17) is 11.6 Å². The van der Waals surface area contributed by atoms with Crippen molar-refractivity contribution in [2.24, 2.45) is 7.05 Å². The molecule has 3 aromatic rings. The molecule has 0 bridgehead atoms. The van der Waals surface area contributed by atoms with Crippen molar-refractivity contribution in [2.75, 3.05) is 18.5 Å². The fraction of sp³-hybridized carbons (Fsp3) is 0.364. The van der Waals surface area contributed by atoms with E-state index >= 15 is 0 Å². The number of anilines is 1. The highest BCUT2D eigenvalue weighted by atomic mass is 35.5. The number of carbonyl (C=O) groups excluding carboxylic acids is 1. The molecule has 1 unspecified atom stereocenters. The molecule has 3 heterocycles. The molecule has 2 aromatic heterocycles. The summed E-state index contributed by atoms with van der Waals surface area (Å²) < 4.78 is 15.8. The fourth-order valence-corrected chi connectivity index (χ4v) is 3.78. The Balaban J connectivity index is 1.54. The second-order valence-electron chi connectivity index (χ2n) is 8.07. The van der Waals surface area contributed by atoms with Crippen molar-refractivity contribution in [3.63, 3.8) is 0 Å². The molecule has 4 rings (SSSR count). The average Bonchev–Trinajstić information content (AvgIpc) is 3.24. The van der Waals surface area contributed by atoms with Gasteiger partial charge >= 0.3 is 6.03 Å². The molecule has 174 valence electrons. The second kappa shape index (κ2) is 9.72. The molecule has 11 heteroatoms. The number of benzene rings is 1. The van der Waals surface area contributed by atoms with Crippen molar-refractivity contribution in [1.29, 1.82) is 0 Å². The van der Waals surface area contributed by atoms with E-state index in [9.17, 15) is 14.3 Å². The first kappa shape index (κ1) is 22.9. The molecule has 0 spiro atoms. The van der Waals surface area contributed by atoms with Gasteiger partial charge in [0.15, 0.2) is 0 Å². The van der Waals surface area contributed by atoms with Gasteiger partial charge in [0, 0.05) is 37.6 Å². The molecule has 9 nitrogen and oxygen atoms in total. The largest absolute Gasteiger partial charge is 0.394 e. The number of halogens is 2. The van der Waals surface area contributed by atoms with Crippen LogP contribution in [0.5, 0.6) is 0 Å². The van der Waals surface area contributed by atoms with Crippen molar-refractivity contribution >= 4 is 23.6 Å². The first-order valence-corrected chi connectivity index (χ1v) is 10.9. The monoisotopic (exact) mass is 473 g/mol. The smallest absolute Gasteiger partial charge is 0.318 e. The number of amides is 2. The van der Waals surface area contributed by atoms with Crippen LogP contribution in [0.25, 0.3) is 0 Å². The molecule has 1 aliphatic rings. The molecule has 33 heavy (non-hydrogen) atoms. The minimum absolute atomic E-state index is 0.0160. The third kappa shape index (κ3) is 5.23. The van der Waals surface area contributed by atoms with Gasteiger partial charge in [-0.05, 0) is 36.6 Å². The SMILES string of the molecule is C[C@@H](CO)Nc1ncc2c(n1)CN(C(=O)NC(c1ccc(Cl)c(F)c1)c1cnn(C)c1)CC2. The molecule has 0 aliphatic carbocycles. The summed E-state index contributed by atoms with van der Waals surface area (Å²) in [6, 6.07) is 3.37. The number of aliphatic hydroxyl groups is 1. The number of hydrogen-bond acceptors (Lipinski definition) is 6. The topological polar surface area (TPSA) is 108 Å². The maximum Gasteiger partial charge on any atom is 0.318 e. The number of nitrogens with zero attached hydrogens (tertiary/aromatic N) is 5. The number of aliphatic hydroxyl groups excluding tert-OH is 1. The number of urea groups is 1. The van der Waals surface area contributed by atoms with Gasteiger partial charge in [0.2, 0.25) is 5.95 Å². The van der Waals surface area contributed by atoms with E-state index in [0.29, 0.717) is 31.0 Å². The number of nitrogens with one attached hydrogen (secondary N) is 2. The van der Waals surface area contributed by atoms with Gasteiger partial charge in [-0.25, -0.2) is 19.2 Å². The van der Waals surface area contributed by atoms with Crippen LogP contribution in [0, 0.1) is 5.82 Å². The minimum atomic E-state index is -0.604. The normalized spacial score (nSPS) is 15.0. The van der Waals surface area contributed by atoms with Crippen LogP contribution in [0.1, 0.15) is 35.3 Å². The van der Waals surface area contributed by atoms with Crippen molar-refractivity contribution < 1.29 is 14.3 Å². The van der Waals surface area contributed by atoms with E-state index in [2.05, 4.69) is 25.7 Å². The number of rotatable bonds is 6. The zero-order valence-electron chi connectivity index (χ0n) is 18.3. The summed E-state index contributed by atoms with van der Waals surface area (Å²) in [5.74, 6) is -0.152. The fourth-order valence-electron chi connectivity index (χ4n) is 3.67. The highest BCUT2D eigenvalue weighted by Crippen LogP contribution is 2.26. The van der Waals surface area contributed by atoms with Gasteiger partial charge in [-0.3, -0.25) is 4.68 Å². The Kier molecular flexibility index (Phi) is 6.75. The molecule has 1 aliphatic heterocycles. The molecule has 3 N–H and O–H groups in total. The van der Waals surface area contributed by atoms with E-state index in [1.165, 1.54) is 12.1 Å². The predicted octanol–water partition coefficient (Wildman–Crippen LogP) is 2.65. The first-order chi connectivity index (χ1) is 15.8. The lowest BCUT2D eigenvalue weighted by atomic mass is 10.0. The standard InChI is InChI=1S/C22H25ClFN7O2/c1-13(12-32)27-21-25-8-15-5-6-31(11-19(15)28-21)22(33)29-20(16-9-26-30(2)10-16)14-3-4-17(23)18(24)7-14/h3-4,7-10,13,20,32H,5-6,11-12H2,1-2H3,(H,29,33)(H,25,27,28)/t13-,20?/m0/s1. The minimum Gasteiger partial charge on any atom is -0.394 e. The van der Waals surface area contributed by atoms with Crippen molar-refractivity contribution in [2.45, 2.75) is 32.0 Å². The van der Waals surface area contributed by atoms with Gasteiger partial charge in [0.25, 0.3) is 0 Å². The lowest BCUT2D eigenvalue weighted by molar-refractivity contribution is 0.189. The number of fused-ring (bicyclic) bond motifs is 1. The molecule has 2 atom stereocenters. The van der Waals surface area contributed by atoms with E-state index in [1.807, 2.05) is 6.92 Å². The third-order valence-electron chi connectivity index (χ3n) is 5.49. The lowest BCUT2D eigenvalue weighted by Crippen LogP contribution is -2.44. The van der Waals surface area contributed by atoms with Gasteiger partial charge in [-0.1, -0.05) is 17.7 Å². The zero-order chi connectivity index (χ0) is 23.5. The summed E-state index contributed by atoms with van der Waals surface area (Å²) in [7, 11) is 1.77. The summed E-state index contributed by atoms with van der Waals surface area (Å²) in [6.45, 7) is 2.58. The summed E-state index contributed by atoms with van der Waals surface area (Å²) in [5, 5.41) is 19.5. The Morgan fingerprint density at radius 3 is 2.85 bits per heavy atom. The number of carbonyl (C=O) groups is 1. The van der Waals surface area contributed by atoms with Gasteiger partial charge in [-0.15, -0.1) is 0 Å². The van der Waals surface area contributed by atoms with Crippen LogP contribution in [0.2, 0.25) is 5.02 Å².